The molecule has 6 nitrogen and oxygen atoms in total. The summed E-state index contributed by atoms with van der Waals surface area (Å²) in [5.41, 5.74) is 2.50. The number of halogens is 1. The fourth-order valence-electron chi connectivity index (χ4n) is 3.42. The lowest BCUT2D eigenvalue weighted by Crippen LogP contribution is -2.40. The summed E-state index contributed by atoms with van der Waals surface area (Å²) in [5, 5.41) is 7.75. The zero-order chi connectivity index (χ0) is 18.2. The van der Waals surface area contributed by atoms with E-state index in [1.165, 1.54) is 11.1 Å². The molecule has 7 heteroatoms. The number of benzene rings is 1. The molecule has 1 aromatic heterocycles. The molecule has 0 bridgehead atoms. The van der Waals surface area contributed by atoms with E-state index >= 15 is 0 Å². The van der Waals surface area contributed by atoms with Crippen LogP contribution in [0.15, 0.2) is 47.7 Å². The molecule has 1 aromatic carbocycles. The molecule has 0 aliphatic carbocycles. The number of aromatic nitrogens is 2. The molecule has 0 amide bonds. The van der Waals surface area contributed by atoms with Gasteiger partial charge in [0.15, 0.2) is 5.96 Å². The van der Waals surface area contributed by atoms with E-state index < -0.39 is 0 Å². The molecule has 1 atom stereocenters. The number of guanidine groups is 1. The van der Waals surface area contributed by atoms with Gasteiger partial charge < -0.3 is 15.0 Å². The van der Waals surface area contributed by atoms with Crippen LogP contribution in [-0.2, 0) is 17.8 Å². The lowest BCUT2D eigenvalue weighted by atomic mass is 10.1. The van der Waals surface area contributed by atoms with Crippen molar-refractivity contribution in [3.63, 3.8) is 0 Å². The van der Waals surface area contributed by atoms with Gasteiger partial charge in [-0.3, -0.25) is 4.68 Å². The molecule has 1 fully saturated rings. The maximum absolute atomic E-state index is 5.31. The first-order valence-electron chi connectivity index (χ1n) is 9.36. The third kappa shape index (κ3) is 6.21. The van der Waals surface area contributed by atoms with Gasteiger partial charge in [-0.05, 0) is 30.5 Å². The zero-order valence-electron chi connectivity index (χ0n) is 16.2. The summed E-state index contributed by atoms with van der Waals surface area (Å²) in [6.07, 6.45) is 4.96. The average Bonchev–Trinajstić information content (AvgIpc) is 3.32. The van der Waals surface area contributed by atoms with Crippen molar-refractivity contribution in [1.82, 2.24) is 20.0 Å². The second kappa shape index (κ2) is 11.3. The van der Waals surface area contributed by atoms with Crippen LogP contribution in [0.2, 0.25) is 0 Å². The third-order valence-corrected chi connectivity index (χ3v) is 4.73. The maximum Gasteiger partial charge on any atom is 0.194 e. The van der Waals surface area contributed by atoms with E-state index in [1.807, 2.05) is 23.1 Å². The Balaban J connectivity index is 0.00000261. The monoisotopic (exact) mass is 483 g/mol. The molecule has 1 unspecified atom stereocenters. The largest absolute Gasteiger partial charge is 0.384 e. The molecule has 0 spiro atoms. The first-order chi connectivity index (χ1) is 12.8. The molecule has 1 aliphatic heterocycles. The molecule has 3 rings (SSSR count). The Morgan fingerprint density at radius 1 is 1.30 bits per heavy atom. The minimum absolute atomic E-state index is 0. The zero-order valence-corrected chi connectivity index (χ0v) is 18.5. The Hall–Kier alpha value is -1.61. The highest BCUT2D eigenvalue weighted by Gasteiger charge is 2.24. The van der Waals surface area contributed by atoms with Crippen LogP contribution < -0.4 is 5.32 Å². The fraction of sp³-hybridized carbons (Fsp3) is 0.500. The van der Waals surface area contributed by atoms with Crippen LogP contribution >= 0.6 is 24.0 Å². The van der Waals surface area contributed by atoms with E-state index in [4.69, 9.17) is 9.73 Å². The average molecular weight is 483 g/mol. The van der Waals surface area contributed by atoms with Gasteiger partial charge in [0.05, 0.1) is 19.7 Å². The Morgan fingerprint density at radius 3 is 2.81 bits per heavy atom. The van der Waals surface area contributed by atoms with Gasteiger partial charge in [-0.15, -0.1) is 24.0 Å². The minimum Gasteiger partial charge on any atom is -0.384 e. The van der Waals surface area contributed by atoms with Gasteiger partial charge in [-0.1, -0.05) is 24.3 Å². The molecule has 1 saturated heterocycles. The smallest absolute Gasteiger partial charge is 0.194 e. The van der Waals surface area contributed by atoms with Gasteiger partial charge in [0.2, 0.25) is 0 Å². The quantitative estimate of drug-likeness (QED) is 0.374. The van der Waals surface area contributed by atoms with Crippen LogP contribution in [0, 0.1) is 5.92 Å². The number of hydrogen-bond acceptors (Lipinski definition) is 3. The number of rotatable bonds is 7. The molecule has 0 saturated carbocycles. The third-order valence-electron chi connectivity index (χ3n) is 4.73. The van der Waals surface area contributed by atoms with Crippen molar-refractivity contribution in [3.05, 3.63) is 53.9 Å². The van der Waals surface area contributed by atoms with Gasteiger partial charge in [0.25, 0.3) is 0 Å². The van der Waals surface area contributed by atoms with E-state index in [1.54, 1.807) is 7.11 Å². The molecule has 27 heavy (non-hydrogen) atoms. The topological polar surface area (TPSA) is 54.7 Å². The molecular weight excluding hydrogens is 453 g/mol. The fourth-order valence-corrected chi connectivity index (χ4v) is 3.42. The van der Waals surface area contributed by atoms with Crippen molar-refractivity contribution < 1.29 is 4.74 Å². The summed E-state index contributed by atoms with van der Waals surface area (Å²) < 4.78 is 7.26. The SMILES string of the molecule is CCNC(=NCc1ccccc1Cn1cccn1)N1CCC(COC)C1.I. The van der Waals surface area contributed by atoms with E-state index in [0.717, 1.165) is 45.2 Å². The van der Waals surface area contributed by atoms with Gasteiger partial charge >= 0.3 is 0 Å². The maximum atomic E-state index is 5.31. The highest BCUT2D eigenvalue weighted by Crippen LogP contribution is 2.17. The Bertz CT molecular complexity index is 704. The standard InChI is InChI=1S/C20H29N5O.HI/c1-3-21-20(24-12-9-17(14-24)16-26-2)22-13-18-7-4-5-8-19(18)15-25-11-6-10-23-25;/h4-8,10-11,17H,3,9,12-16H2,1-2H3,(H,21,22);1H. The van der Waals surface area contributed by atoms with E-state index in [2.05, 4.69) is 46.5 Å². The van der Waals surface area contributed by atoms with E-state index in [-0.39, 0.29) is 24.0 Å². The minimum atomic E-state index is 0. The van der Waals surface area contributed by atoms with Crippen LogP contribution in [-0.4, -0.2) is 54.0 Å². The first-order valence-corrected chi connectivity index (χ1v) is 9.36. The summed E-state index contributed by atoms with van der Waals surface area (Å²) in [4.78, 5) is 7.26. The van der Waals surface area contributed by atoms with E-state index in [0.29, 0.717) is 12.5 Å². The van der Waals surface area contributed by atoms with E-state index in [9.17, 15) is 0 Å². The van der Waals surface area contributed by atoms with Crippen molar-refractivity contribution in [3.8, 4) is 0 Å². The summed E-state index contributed by atoms with van der Waals surface area (Å²) in [6.45, 7) is 7.30. The number of methoxy groups -OCH3 is 1. The highest BCUT2D eigenvalue weighted by molar-refractivity contribution is 14.0. The van der Waals surface area contributed by atoms with Crippen LogP contribution in [0.25, 0.3) is 0 Å². The Kier molecular flexibility index (Phi) is 9.06. The van der Waals surface area contributed by atoms with Crippen molar-refractivity contribution in [2.75, 3.05) is 33.4 Å². The highest BCUT2D eigenvalue weighted by atomic mass is 127. The number of likely N-dealkylation sites (tertiary alicyclic amines) is 1. The number of nitrogens with zero attached hydrogens (tertiary/aromatic N) is 4. The summed E-state index contributed by atoms with van der Waals surface area (Å²) in [6, 6.07) is 10.4. The van der Waals surface area contributed by atoms with Gasteiger partial charge in [0, 0.05) is 45.1 Å². The van der Waals surface area contributed by atoms with Crippen molar-refractivity contribution in [2.45, 2.75) is 26.4 Å². The van der Waals surface area contributed by atoms with Crippen molar-refractivity contribution in [2.24, 2.45) is 10.9 Å². The molecular formula is C20H30IN5O. The summed E-state index contributed by atoms with van der Waals surface area (Å²) >= 11 is 0. The number of ether oxygens (including phenoxy) is 1. The predicted molar refractivity (Wildman–Crippen MR) is 120 cm³/mol. The van der Waals surface area contributed by atoms with Crippen LogP contribution in [0.4, 0.5) is 0 Å². The number of nitrogens with one attached hydrogen (secondary N) is 1. The molecule has 148 valence electrons. The van der Waals surface area contributed by atoms with Crippen LogP contribution in [0.3, 0.4) is 0 Å². The van der Waals surface area contributed by atoms with Crippen molar-refractivity contribution >= 4 is 29.9 Å². The second-order valence-corrected chi connectivity index (χ2v) is 6.70. The van der Waals surface area contributed by atoms with Crippen LogP contribution in [0.5, 0.6) is 0 Å². The summed E-state index contributed by atoms with van der Waals surface area (Å²) in [5.74, 6) is 1.59. The molecule has 0 radical (unpaired) electrons. The normalized spacial score (nSPS) is 17.0. The van der Waals surface area contributed by atoms with Gasteiger partial charge in [-0.2, -0.15) is 5.10 Å². The van der Waals surface area contributed by atoms with Crippen LogP contribution in [0.1, 0.15) is 24.5 Å². The molecule has 1 N–H and O–H groups in total. The van der Waals surface area contributed by atoms with Crippen molar-refractivity contribution in [1.29, 1.82) is 0 Å². The number of aliphatic imine (C=N–C) groups is 1. The predicted octanol–water partition coefficient (Wildman–Crippen LogP) is 2.98. The molecule has 1 aliphatic rings. The molecule has 2 heterocycles. The summed E-state index contributed by atoms with van der Waals surface area (Å²) in [7, 11) is 1.78. The lowest BCUT2D eigenvalue weighted by molar-refractivity contribution is 0.157. The van der Waals surface area contributed by atoms with Gasteiger partial charge in [0.1, 0.15) is 0 Å². The molecule has 2 aromatic rings. The Morgan fingerprint density at radius 2 is 2.11 bits per heavy atom. The lowest BCUT2D eigenvalue weighted by Gasteiger charge is -2.22. The number of hydrogen-bond donors (Lipinski definition) is 1. The second-order valence-electron chi connectivity index (χ2n) is 6.70. The Labute approximate surface area is 179 Å². The van der Waals surface area contributed by atoms with Gasteiger partial charge in [-0.25, -0.2) is 4.99 Å². The first kappa shape index (κ1) is 21.7.